The lowest BCUT2D eigenvalue weighted by Crippen LogP contribution is -2.03. The molecule has 1 aromatic rings. The Hall–Kier alpha value is -0.345. The zero-order chi connectivity index (χ0) is 9.14. The molecule has 4 heteroatoms. The summed E-state index contributed by atoms with van der Waals surface area (Å²) in [6.07, 6.45) is 0. The number of hydrogen-bond acceptors (Lipinski definition) is 1. The molecule has 0 aliphatic heterocycles. The third kappa shape index (κ3) is 2.32. The monoisotopic (exact) mass is 230 g/mol. The van der Waals surface area contributed by atoms with Crippen LogP contribution in [0.15, 0.2) is 22.7 Å². The van der Waals surface area contributed by atoms with Crippen molar-refractivity contribution in [2.24, 2.45) is 0 Å². The molecule has 1 rings (SSSR count). The molecular weight excluding hydrogens is 222 g/mol. The summed E-state index contributed by atoms with van der Waals surface area (Å²) in [4.78, 5) is 0. The molecule has 0 aliphatic carbocycles. The maximum atomic E-state index is 12.8. The molecule has 0 bridgehead atoms. The van der Waals surface area contributed by atoms with Crippen LogP contribution in [0.2, 0.25) is 0 Å². The van der Waals surface area contributed by atoms with Gasteiger partial charge in [-0.15, -0.1) is 0 Å². The molecule has 0 heterocycles. The quantitative estimate of drug-likeness (QED) is 0.759. The first-order chi connectivity index (χ1) is 5.63. The molecule has 64 valence electrons. The highest BCUT2D eigenvalue weighted by molar-refractivity contribution is 9.10. The normalized spacial score (nSPS) is 12.9. The van der Waals surface area contributed by atoms with Crippen molar-refractivity contribution in [3.05, 3.63) is 34.1 Å². The van der Waals surface area contributed by atoms with Crippen LogP contribution in [0.5, 0.6) is 0 Å². The SMILES string of the molecule is BC(CO)c1cc(F)cc(Br)c1. The molecule has 12 heavy (non-hydrogen) atoms. The highest BCUT2D eigenvalue weighted by Crippen LogP contribution is 2.19. The lowest BCUT2D eigenvalue weighted by atomic mass is 9.82. The summed E-state index contributed by atoms with van der Waals surface area (Å²) in [5, 5.41) is 8.83. The predicted octanol–water partition coefficient (Wildman–Crippen LogP) is 1.25. The van der Waals surface area contributed by atoms with E-state index in [1.54, 1.807) is 0 Å². The Labute approximate surface area is 80.1 Å². The first-order valence-electron chi connectivity index (χ1n) is 3.70. The van der Waals surface area contributed by atoms with Crippen molar-refractivity contribution >= 4 is 23.8 Å². The Bertz CT molecular complexity index is 260. The molecule has 0 aliphatic rings. The number of rotatable bonds is 2. The largest absolute Gasteiger partial charge is 0.396 e. The molecule has 1 unspecified atom stereocenters. The molecule has 0 fully saturated rings. The molecule has 1 atom stereocenters. The Balaban J connectivity index is 3.00. The van der Waals surface area contributed by atoms with E-state index in [9.17, 15) is 4.39 Å². The minimum atomic E-state index is -0.278. The third-order valence-corrected chi connectivity index (χ3v) is 2.19. The van der Waals surface area contributed by atoms with Crippen LogP contribution in [0.25, 0.3) is 0 Å². The molecule has 1 N–H and O–H groups in total. The van der Waals surface area contributed by atoms with Crippen LogP contribution in [0.4, 0.5) is 4.39 Å². The average Bonchev–Trinajstić information content (AvgIpc) is 2.01. The van der Waals surface area contributed by atoms with Crippen molar-refractivity contribution in [2.75, 3.05) is 6.61 Å². The molecule has 1 aromatic carbocycles. The Kier molecular flexibility index (Phi) is 3.29. The second-order valence-corrected chi connectivity index (χ2v) is 3.70. The van der Waals surface area contributed by atoms with Crippen LogP contribution in [0, 0.1) is 5.82 Å². The van der Waals surface area contributed by atoms with Gasteiger partial charge in [-0.1, -0.05) is 15.9 Å². The molecule has 0 saturated heterocycles. The first-order valence-corrected chi connectivity index (χ1v) is 4.49. The number of hydrogen-bond donors (Lipinski definition) is 1. The minimum absolute atomic E-state index is 0.0167. The van der Waals surface area contributed by atoms with Gasteiger partial charge in [0.15, 0.2) is 0 Å². The lowest BCUT2D eigenvalue weighted by molar-refractivity contribution is 0.294. The van der Waals surface area contributed by atoms with Crippen molar-refractivity contribution in [1.29, 1.82) is 0 Å². The van der Waals surface area contributed by atoms with Gasteiger partial charge in [0.25, 0.3) is 0 Å². The van der Waals surface area contributed by atoms with Gasteiger partial charge in [-0.25, -0.2) is 4.39 Å². The molecular formula is C8H9BBrFO. The standard InChI is InChI=1S/C8H9BBrFO/c9-8(4-12)5-1-6(10)3-7(11)2-5/h1-3,8,12H,4,9H2. The van der Waals surface area contributed by atoms with Gasteiger partial charge in [0, 0.05) is 11.1 Å². The fourth-order valence-electron chi connectivity index (χ4n) is 0.965. The van der Waals surface area contributed by atoms with Crippen molar-refractivity contribution < 1.29 is 9.50 Å². The predicted molar refractivity (Wildman–Crippen MR) is 52.5 cm³/mol. The van der Waals surface area contributed by atoms with Crippen LogP contribution < -0.4 is 0 Å². The summed E-state index contributed by atoms with van der Waals surface area (Å²) in [5.41, 5.74) is 0.810. The maximum Gasteiger partial charge on any atom is 0.124 e. The summed E-state index contributed by atoms with van der Waals surface area (Å²) in [6.45, 7) is 0.0376. The zero-order valence-electron chi connectivity index (χ0n) is 6.72. The van der Waals surface area contributed by atoms with Gasteiger partial charge >= 0.3 is 0 Å². The lowest BCUT2D eigenvalue weighted by Gasteiger charge is -2.08. The van der Waals surface area contributed by atoms with Crippen LogP contribution in [0.3, 0.4) is 0 Å². The summed E-state index contributed by atoms with van der Waals surface area (Å²) < 4.78 is 13.5. The van der Waals surface area contributed by atoms with Gasteiger partial charge in [0.2, 0.25) is 0 Å². The fraction of sp³-hybridized carbons (Fsp3) is 0.250. The number of aliphatic hydroxyl groups excluding tert-OH is 1. The summed E-state index contributed by atoms with van der Waals surface area (Å²) in [6, 6.07) is 4.64. The fourth-order valence-corrected chi connectivity index (χ4v) is 1.45. The van der Waals surface area contributed by atoms with E-state index >= 15 is 0 Å². The van der Waals surface area contributed by atoms with E-state index in [4.69, 9.17) is 5.11 Å². The number of halogens is 2. The van der Waals surface area contributed by atoms with E-state index in [1.807, 2.05) is 13.9 Å². The van der Waals surface area contributed by atoms with Crippen LogP contribution >= 0.6 is 15.9 Å². The summed E-state index contributed by atoms with van der Waals surface area (Å²) in [7, 11) is 1.85. The second kappa shape index (κ2) is 4.05. The van der Waals surface area contributed by atoms with Crippen LogP contribution in [0.1, 0.15) is 11.4 Å². The minimum Gasteiger partial charge on any atom is -0.396 e. The highest BCUT2D eigenvalue weighted by Gasteiger charge is 2.05. The molecule has 0 spiro atoms. The Morgan fingerprint density at radius 2 is 2.17 bits per heavy atom. The summed E-state index contributed by atoms with van der Waals surface area (Å²) >= 11 is 3.19. The van der Waals surface area contributed by atoms with Crippen molar-refractivity contribution in [1.82, 2.24) is 0 Å². The smallest absolute Gasteiger partial charge is 0.124 e. The second-order valence-electron chi connectivity index (χ2n) is 2.79. The maximum absolute atomic E-state index is 12.8. The van der Waals surface area contributed by atoms with E-state index in [1.165, 1.54) is 12.1 Å². The molecule has 0 radical (unpaired) electrons. The van der Waals surface area contributed by atoms with Gasteiger partial charge < -0.3 is 5.11 Å². The number of aliphatic hydroxyl groups is 1. The highest BCUT2D eigenvalue weighted by atomic mass is 79.9. The molecule has 0 aromatic heterocycles. The van der Waals surface area contributed by atoms with Crippen molar-refractivity contribution in [2.45, 2.75) is 5.82 Å². The number of benzene rings is 1. The Morgan fingerprint density at radius 1 is 1.50 bits per heavy atom. The van der Waals surface area contributed by atoms with Gasteiger partial charge in [-0.2, -0.15) is 0 Å². The topological polar surface area (TPSA) is 20.2 Å². The average molecular weight is 231 g/mol. The van der Waals surface area contributed by atoms with E-state index in [0.717, 1.165) is 5.56 Å². The molecule has 0 amide bonds. The van der Waals surface area contributed by atoms with Crippen molar-refractivity contribution in [3.63, 3.8) is 0 Å². The third-order valence-electron chi connectivity index (χ3n) is 1.73. The van der Waals surface area contributed by atoms with Gasteiger partial charge in [0.1, 0.15) is 13.7 Å². The van der Waals surface area contributed by atoms with E-state index in [-0.39, 0.29) is 18.2 Å². The molecule has 0 saturated carbocycles. The van der Waals surface area contributed by atoms with E-state index < -0.39 is 0 Å². The van der Waals surface area contributed by atoms with E-state index in [0.29, 0.717) is 4.47 Å². The van der Waals surface area contributed by atoms with Crippen LogP contribution in [-0.4, -0.2) is 19.6 Å². The van der Waals surface area contributed by atoms with E-state index in [2.05, 4.69) is 15.9 Å². The van der Waals surface area contributed by atoms with Gasteiger partial charge in [0.05, 0.1) is 0 Å². The van der Waals surface area contributed by atoms with Gasteiger partial charge in [-0.3, -0.25) is 0 Å². The Morgan fingerprint density at radius 3 is 2.67 bits per heavy atom. The zero-order valence-corrected chi connectivity index (χ0v) is 8.31. The van der Waals surface area contributed by atoms with Crippen molar-refractivity contribution in [3.8, 4) is 0 Å². The molecule has 1 nitrogen and oxygen atoms in total. The summed E-state index contributed by atoms with van der Waals surface area (Å²) in [5.74, 6) is -0.295. The van der Waals surface area contributed by atoms with Crippen LogP contribution in [-0.2, 0) is 0 Å². The van der Waals surface area contributed by atoms with Gasteiger partial charge in [-0.05, 0) is 29.6 Å². The first kappa shape index (κ1) is 9.74.